The van der Waals surface area contributed by atoms with Crippen LogP contribution in [-0.2, 0) is 20.2 Å². The second-order valence-electron chi connectivity index (χ2n) is 8.70. The Kier molecular flexibility index (Phi) is 7.51. The van der Waals surface area contributed by atoms with Crippen LogP contribution in [-0.4, -0.2) is 64.4 Å². The van der Waals surface area contributed by atoms with Crippen molar-refractivity contribution in [2.24, 2.45) is 10.1 Å². The standard InChI is InChI=1S/C22H19ClN10O7S2/c23-19-29-20(25-10-1-4-12(5-2-10)41(35,36)37)31-21(30-19)26-16-8-13(24)18(42(38,39)40)9-17(16)33-32-11-3-6-14-15(7-11)28-22(34)27-14/h1-6,8-9,15,33H,7,24H2,(H,28,34)(H,35,36,37)(H,38,39,40)(H2,25,26,29,30,31). The number of halogens is 1. The molecular formula is C22H19ClN10O7S2. The number of nitrogens with one attached hydrogen (secondary N) is 4. The van der Waals surface area contributed by atoms with Gasteiger partial charge in [-0.2, -0.15) is 41.9 Å². The van der Waals surface area contributed by atoms with Crippen LogP contribution in [0.3, 0.4) is 0 Å². The van der Waals surface area contributed by atoms with Crippen LogP contribution < -0.4 is 27.1 Å². The van der Waals surface area contributed by atoms with E-state index >= 15 is 0 Å². The number of fused-ring (bicyclic) bond motifs is 1. The van der Waals surface area contributed by atoms with E-state index in [1.165, 1.54) is 18.2 Å². The molecule has 42 heavy (non-hydrogen) atoms. The van der Waals surface area contributed by atoms with Crippen LogP contribution in [0.25, 0.3) is 0 Å². The van der Waals surface area contributed by atoms with E-state index in [9.17, 15) is 26.2 Å². The third kappa shape index (κ3) is 6.61. The minimum atomic E-state index is -4.71. The Labute approximate surface area is 242 Å². The molecule has 0 bridgehead atoms. The fourth-order valence-corrected chi connectivity index (χ4v) is 5.13. The number of rotatable bonds is 8. The largest absolute Gasteiger partial charge is 0.398 e. The van der Waals surface area contributed by atoms with E-state index in [0.29, 0.717) is 23.5 Å². The van der Waals surface area contributed by atoms with Crippen LogP contribution in [0.5, 0.6) is 0 Å². The minimum Gasteiger partial charge on any atom is -0.398 e. The Morgan fingerprint density at radius 2 is 1.64 bits per heavy atom. The summed E-state index contributed by atoms with van der Waals surface area (Å²) in [4.78, 5) is 26.6. The zero-order chi connectivity index (χ0) is 30.2. The fraction of sp³-hybridized carbons (Fsp3) is 0.0909. The normalized spacial score (nSPS) is 17.4. The summed E-state index contributed by atoms with van der Waals surface area (Å²) in [6, 6.07) is 6.46. The van der Waals surface area contributed by atoms with Crippen molar-refractivity contribution in [3.63, 3.8) is 0 Å². The third-order valence-corrected chi connectivity index (χ3v) is 7.70. The van der Waals surface area contributed by atoms with Gasteiger partial charge in [-0.3, -0.25) is 14.5 Å². The van der Waals surface area contributed by atoms with Crippen LogP contribution in [0, 0.1) is 0 Å². The van der Waals surface area contributed by atoms with Gasteiger partial charge in [-0.25, -0.2) is 4.79 Å². The second-order valence-corrected chi connectivity index (χ2v) is 11.9. The quantitative estimate of drug-likeness (QED) is 0.106. The molecule has 8 N–H and O–H groups in total. The zero-order valence-electron chi connectivity index (χ0n) is 20.8. The van der Waals surface area contributed by atoms with Gasteiger partial charge in [0.05, 0.1) is 39.4 Å². The van der Waals surface area contributed by atoms with Gasteiger partial charge in [0.2, 0.25) is 17.2 Å². The molecule has 17 nitrogen and oxygen atoms in total. The topological polar surface area (TPSA) is 263 Å². The lowest BCUT2D eigenvalue weighted by atomic mass is 9.99. The highest BCUT2D eigenvalue weighted by atomic mass is 35.5. The first kappa shape index (κ1) is 28.8. The molecule has 5 rings (SSSR count). The summed E-state index contributed by atoms with van der Waals surface area (Å²) < 4.78 is 65.1. The number of carbonyl (C=O) groups excluding carboxylic acids is 1. The summed E-state index contributed by atoms with van der Waals surface area (Å²) in [5, 5.41) is 12.4. The number of hydrazone groups is 1. The van der Waals surface area contributed by atoms with Gasteiger partial charge >= 0.3 is 6.03 Å². The first-order chi connectivity index (χ1) is 19.7. The average Bonchev–Trinajstić information content (AvgIpc) is 3.26. The van der Waals surface area contributed by atoms with Gasteiger partial charge < -0.3 is 21.7 Å². The summed E-state index contributed by atoms with van der Waals surface area (Å²) in [7, 11) is -9.09. The Morgan fingerprint density at radius 1 is 0.952 bits per heavy atom. The smallest absolute Gasteiger partial charge is 0.341 e. The van der Waals surface area contributed by atoms with Crippen LogP contribution in [0.2, 0.25) is 5.28 Å². The molecule has 0 fully saturated rings. The maximum absolute atomic E-state index is 11.9. The van der Waals surface area contributed by atoms with E-state index < -0.39 is 31.2 Å². The summed E-state index contributed by atoms with van der Waals surface area (Å²) in [6.45, 7) is 0. The molecule has 2 aliphatic rings. The average molecular weight is 635 g/mol. The Morgan fingerprint density at radius 3 is 2.31 bits per heavy atom. The molecule has 3 aromatic rings. The first-order valence-corrected chi connectivity index (χ1v) is 14.8. The first-order valence-electron chi connectivity index (χ1n) is 11.6. The van der Waals surface area contributed by atoms with Gasteiger partial charge in [-0.05, 0) is 60.2 Å². The number of nitrogens with two attached hydrogens (primary N) is 1. The van der Waals surface area contributed by atoms with Crippen molar-refractivity contribution in [2.45, 2.75) is 22.3 Å². The number of carbonyl (C=O) groups is 1. The van der Waals surface area contributed by atoms with Gasteiger partial charge in [0.15, 0.2) is 0 Å². The number of allylic oxidation sites excluding steroid dienone is 1. The lowest BCUT2D eigenvalue weighted by Gasteiger charge is -2.17. The highest BCUT2D eigenvalue weighted by Crippen LogP contribution is 2.33. The summed E-state index contributed by atoms with van der Waals surface area (Å²) >= 11 is 6.06. The van der Waals surface area contributed by atoms with Gasteiger partial charge in [0.1, 0.15) is 4.90 Å². The molecule has 1 aliphatic heterocycles. The molecule has 1 atom stereocenters. The SMILES string of the molecule is Nc1cc(Nc2nc(Cl)nc(Nc3ccc(S(=O)(=O)O)cc3)n2)c(NN=C2C=CC3=NC(=O)NC3C2)cc1S(=O)(=O)O. The lowest BCUT2D eigenvalue weighted by molar-refractivity contribution is 0.250. The van der Waals surface area contributed by atoms with Gasteiger partial charge in [0.25, 0.3) is 20.2 Å². The van der Waals surface area contributed by atoms with Crippen molar-refractivity contribution in [1.29, 1.82) is 0 Å². The molecular weight excluding hydrogens is 616 g/mol. The van der Waals surface area contributed by atoms with Crippen LogP contribution in [0.1, 0.15) is 6.42 Å². The Hall–Kier alpha value is -4.69. The van der Waals surface area contributed by atoms with Crippen molar-refractivity contribution < 1.29 is 30.7 Å². The second kappa shape index (κ2) is 10.9. The predicted octanol–water partition coefficient (Wildman–Crippen LogP) is 2.35. The van der Waals surface area contributed by atoms with Gasteiger partial charge in [-0.15, -0.1) is 0 Å². The molecule has 1 aromatic heterocycles. The fourth-order valence-electron chi connectivity index (χ4n) is 3.87. The molecule has 1 unspecified atom stereocenters. The number of hydrogen-bond donors (Lipinski definition) is 7. The molecule has 0 radical (unpaired) electrons. The number of nitrogens with zero attached hydrogens (tertiary/aromatic N) is 5. The molecule has 1 aliphatic carbocycles. The van der Waals surface area contributed by atoms with E-state index in [1.807, 2.05) is 0 Å². The third-order valence-electron chi connectivity index (χ3n) is 5.76. The van der Waals surface area contributed by atoms with E-state index in [1.54, 1.807) is 12.2 Å². The highest BCUT2D eigenvalue weighted by Gasteiger charge is 2.28. The lowest BCUT2D eigenvalue weighted by Crippen LogP contribution is -2.35. The summed E-state index contributed by atoms with van der Waals surface area (Å²) in [6.07, 6.45) is 3.55. The van der Waals surface area contributed by atoms with Gasteiger partial charge in [-0.1, -0.05) is 0 Å². The van der Waals surface area contributed by atoms with E-state index in [0.717, 1.165) is 18.2 Å². The van der Waals surface area contributed by atoms with Crippen molar-refractivity contribution in [1.82, 2.24) is 20.3 Å². The van der Waals surface area contributed by atoms with Gasteiger partial charge in [0, 0.05) is 12.1 Å². The highest BCUT2D eigenvalue weighted by molar-refractivity contribution is 7.86. The maximum Gasteiger partial charge on any atom is 0.341 e. The number of amides is 2. The van der Waals surface area contributed by atoms with Crippen molar-refractivity contribution in [2.75, 3.05) is 21.8 Å². The Bertz CT molecular complexity index is 1910. The summed E-state index contributed by atoms with van der Waals surface area (Å²) in [5.74, 6) is -0.174. The summed E-state index contributed by atoms with van der Waals surface area (Å²) in [5.41, 5.74) is 9.88. The molecule has 2 heterocycles. The molecule has 20 heteroatoms. The Balaban J connectivity index is 1.43. The molecule has 0 spiro atoms. The molecule has 218 valence electrons. The number of hydrogen-bond acceptors (Lipinski definition) is 13. The number of aliphatic imine (C=N–C) groups is 1. The number of urea groups is 1. The predicted molar refractivity (Wildman–Crippen MR) is 153 cm³/mol. The molecule has 0 saturated carbocycles. The minimum absolute atomic E-state index is 0.0412. The number of aromatic nitrogens is 3. The molecule has 2 amide bonds. The van der Waals surface area contributed by atoms with E-state index in [4.69, 9.17) is 21.9 Å². The van der Waals surface area contributed by atoms with Crippen molar-refractivity contribution in [3.8, 4) is 0 Å². The number of benzene rings is 2. The monoisotopic (exact) mass is 634 g/mol. The van der Waals surface area contributed by atoms with Crippen LogP contribution >= 0.6 is 11.6 Å². The molecule has 2 aromatic carbocycles. The van der Waals surface area contributed by atoms with E-state index in [2.05, 4.69) is 46.4 Å². The number of anilines is 6. The van der Waals surface area contributed by atoms with Crippen molar-refractivity contribution >= 4 is 83.9 Å². The van der Waals surface area contributed by atoms with E-state index in [-0.39, 0.29) is 45.2 Å². The number of nitrogen functional groups attached to an aromatic ring is 1. The molecule has 0 saturated heterocycles. The van der Waals surface area contributed by atoms with Crippen molar-refractivity contribution in [3.05, 3.63) is 53.8 Å². The van der Waals surface area contributed by atoms with Crippen LogP contribution in [0.4, 0.5) is 39.4 Å². The van der Waals surface area contributed by atoms with Crippen LogP contribution in [0.15, 0.2) is 68.4 Å². The maximum atomic E-state index is 11.9. The zero-order valence-corrected chi connectivity index (χ0v) is 23.2.